The zero-order valence-electron chi connectivity index (χ0n) is 15.3. The lowest BCUT2D eigenvalue weighted by Crippen LogP contribution is -2.58. The van der Waals surface area contributed by atoms with Crippen molar-refractivity contribution in [3.8, 4) is 5.75 Å². The summed E-state index contributed by atoms with van der Waals surface area (Å²) in [4.78, 5) is 41.2. The molecule has 2 aromatic rings. The highest BCUT2D eigenvalue weighted by atomic mass is 35.5. The quantitative estimate of drug-likeness (QED) is 0.618. The van der Waals surface area contributed by atoms with Crippen LogP contribution in [0, 0.1) is 10.1 Å². The van der Waals surface area contributed by atoms with E-state index in [1.807, 2.05) is 0 Å². The van der Waals surface area contributed by atoms with Gasteiger partial charge < -0.3 is 20.2 Å². The van der Waals surface area contributed by atoms with Gasteiger partial charge in [0, 0.05) is 6.07 Å². The van der Waals surface area contributed by atoms with E-state index in [0.717, 1.165) is 4.90 Å². The molecule has 1 unspecified atom stereocenters. The van der Waals surface area contributed by atoms with Crippen LogP contribution < -0.4 is 15.0 Å². The van der Waals surface area contributed by atoms with Crippen LogP contribution in [-0.2, 0) is 9.59 Å². The van der Waals surface area contributed by atoms with Gasteiger partial charge >= 0.3 is 5.82 Å². The molecule has 10 heteroatoms. The number of benzene rings is 1. The Morgan fingerprint density at radius 1 is 1.32 bits per heavy atom. The molecule has 1 atom stereocenters. The monoisotopic (exact) mass is 404 g/mol. The standard InChI is InChI=1S/C18H17ClN4O5/c1-10(16(24)20-12-7-5-4-6-11(12)19)22-15-13(28-18(2,3)17(22)25)8-9-14(21-15)23(26)27/h4-10H,1-3H3,(H,20,24). The molecule has 1 N–H and O–H groups in total. The number of pyridine rings is 1. The molecule has 0 saturated carbocycles. The van der Waals surface area contributed by atoms with Gasteiger partial charge in [-0.2, -0.15) is 0 Å². The number of carbonyl (C=O) groups is 2. The average Bonchev–Trinajstić information content (AvgIpc) is 2.63. The SMILES string of the molecule is CC(C(=O)Nc1ccccc1Cl)N1C(=O)C(C)(C)Oc2ccc([N+](=O)[O-])nc21. The lowest BCUT2D eigenvalue weighted by molar-refractivity contribution is -0.389. The van der Waals surface area contributed by atoms with Crippen molar-refractivity contribution in [2.45, 2.75) is 32.4 Å². The van der Waals surface area contributed by atoms with Crippen molar-refractivity contribution in [3.63, 3.8) is 0 Å². The zero-order valence-corrected chi connectivity index (χ0v) is 16.1. The maximum Gasteiger partial charge on any atom is 0.366 e. The predicted octanol–water partition coefficient (Wildman–Crippen LogP) is 3.17. The van der Waals surface area contributed by atoms with Gasteiger partial charge in [-0.1, -0.05) is 23.7 Å². The minimum Gasteiger partial charge on any atom is -0.472 e. The van der Waals surface area contributed by atoms with Crippen LogP contribution in [-0.4, -0.2) is 33.4 Å². The van der Waals surface area contributed by atoms with Crippen molar-refractivity contribution in [1.29, 1.82) is 0 Å². The number of fused-ring (bicyclic) bond motifs is 1. The van der Waals surface area contributed by atoms with Crippen molar-refractivity contribution < 1.29 is 19.2 Å². The maximum atomic E-state index is 12.9. The van der Waals surface area contributed by atoms with E-state index in [1.165, 1.54) is 19.1 Å². The van der Waals surface area contributed by atoms with Crippen LogP contribution in [0.15, 0.2) is 36.4 Å². The van der Waals surface area contributed by atoms with E-state index in [2.05, 4.69) is 10.3 Å². The summed E-state index contributed by atoms with van der Waals surface area (Å²) >= 11 is 6.07. The number of aromatic nitrogens is 1. The molecule has 2 heterocycles. The molecule has 0 radical (unpaired) electrons. The highest BCUT2D eigenvalue weighted by Gasteiger charge is 2.47. The number of rotatable bonds is 4. The van der Waals surface area contributed by atoms with Crippen LogP contribution in [0.25, 0.3) is 0 Å². The van der Waals surface area contributed by atoms with Crippen molar-refractivity contribution in [3.05, 3.63) is 51.5 Å². The molecule has 1 aliphatic heterocycles. The van der Waals surface area contributed by atoms with Gasteiger partial charge in [-0.3, -0.25) is 14.5 Å². The summed E-state index contributed by atoms with van der Waals surface area (Å²) in [5.74, 6) is -1.44. The fourth-order valence-electron chi connectivity index (χ4n) is 2.76. The molecule has 1 aromatic carbocycles. The van der Waals surface area contributed by atoms with Gasteiger partial charge in [-0.15, -0.1) is 0 Å². The van der Waals surface area contributed by atoms with Gasteiger partial charge in [0.05, 0.1) is 10.7 Å². The molecule has 2 amide bonds. The van der Waals surface area contributed by atoms with Gasteiger partial charge in [0.15, 0.2) is 11.4 Å². The van der Waals surface area contributed by atoms with E-state index in [0.29, 0.717) is 10.7 Å². The lowest BCUT2D eigenvalue weighted by Gasteiger charge is -2.38. The highest BCUT2D eigenvalue weighted by molar-refractivity contribution is 6.33. The number of hydrogen-bond acceptors (Lipinski definition) is 6. The molecule has 1 aliphatic rings. The summed E-state index contributed by atoms with van der Waals surface area (Å²) in [5, 5.41) is 14.1. The largest absolute Gasteiger partial charge is 0.472 e. The van der Waals surface area contributed by atoms with Crippen molar-refractivity contribution in [2.24, 2.45) is 0 Å². The minimum atomic E-state index is -1.27. The zero-order chi connectivity index (χ0) is 20.6. The molecule has 9 nitrogen and oxygen atoms in total. The Morgan fingerprint density at radius 2 is 2.00 bits per heavy atom. The first-order valence-electron chi connectivity index (χ1n) is 8.35. The first-order chi connectivity index (χ1) is 13.1. The molecule has 0 bridgehead atoms. The summed E-state index contributed by atoms with van der Waals surface area (Å²) < 4.78 is 5.63. The number of anilines is 2. The molecule has 1 aromatic heterocycles. The third-order valence-corrected chi connectivity index (χ3v) is 4.57. The smallest absolute Gasteiger partial charge is 0.366 e. The predicted molar refractivity (Wildman–Crippen MR) is 103 cm³/mol. The van der Waals surface area contributed by atoms with Gasteiger partial charge in [-0.05, 0) is 48.9 Å². The fraction of sp³-hybridized carbons (Fsp3) is 0.278. The number of para-hydroxylation sites is 1. The summed E-state index contributed by atoms with van der Waals surface area (Å²) in [7, 11) is 0. The molecule has 28 heavy (non-hydrogen) atoms. The second-order valence-electron chi connectivity index (χ2n) is 6.68. The maximum absolute atomic E-state index is 12.9. The van der Waals surface area contributed by atoms with E-state index in [4.69, 9.17) is 16.3 Å². The van der Waals surface area contributed by atoms with Crippen LogP contribution >= 0.6 is 11.6 Å². The molecule has 146 valence electrons. The fourth-order valence-corrected chi connectivity index (χ4v) is 2.94. The Hall–Kier alpha value is -3.20. The van der Waals surface area contributed by atoms with Crippen LogP contribution in [0.2, 0.25) is 5.02 Å². The number of nitrogens with zero attached hydrogens (tertiary/aromatic N) is 3. The Balaban J connectivity index is 2.00. The highest BCUT2D eigenvalue weighted by Crippen LogP contribution is 2.38. The van der Waals surface area contributed by atoms with Gasteiger partial charge in [-0.25, -0.2) is 0 Å². The van der Waals surface area contributed by atoms with Crippen molar-refractivity contribution >= 4 is 40.7 Å². The number of carbonyl (C=O) groups excluding carboxylic acids is 2. The molecule has 0 fully saturated rings. The van der Waals surface area contributed by atoms with E-state index in [9.17, 15) is 19.7 Å². The molecular formula is C18H17ClN4O5. The molecular weight excluding hydrogens is 388 g/mol. The first kappa shape index (κ1) is 19.6. The first-order valence-corrected chi connectivity index (χ1v) is 8.73. The van der Waals surface area contributed by atoms with Crippen molar-refractivity contribution in [2.75, 3.05) is 10.2 Å². The summed E-state index contributed by atoms with van der Waals surface area (Å²) in [5.41, 5.74) is -0.891. The number of nitro groups is 1. The molecule has 0 spiro atoms. The normalized spacial score (nSPS) is 16.0. The number of ether oxygens (including phenoxy) is 1. The molecule has 3 rings (SSSR count). The van der Waals surface area contributed by atoms with E-state index in [-0.39, 0.29) is 11.6 Å². The topological polar surface area (TPSA) is 115 Å². The second-order valence-corrected chi connectivity index (χ2v) is 7.09. The second kappa shape index (κ2) is 7.08. The van der Waals surface area contributed by atoms with Gasteiger partial charge in [0.2, 0.25) is 5.91 Å². The van der Waals surface area contributed by atoms with E-state index >= 15 is 0 Å². The van der Waals surface area contributed by atoms with Gasteiger partial charge in [0.25, 0.3) is 11.7 Å². The summed E-state index contributed by atoms with van der Waals surface area (Å²) in [6, 6.07) is 8.17. The van der Waals surface area contributed by atoms with Crippen LogP contribution in [0.5, 0.6) is 5.75 Å². The van der Waals surface area contributed by atoms with Gasteiger partial charge in [0.1, 0.15) is 6.04 Å². The van der Waals surface area contributed by atoms with Crippen molar-refractivity contribution in [1.82, 2.24) is 4.98 Å². The van der Waals surface area contributed by atoms with Crippen LogP contribution in [0.4, 0.5) is 17.3 Å². The lowest BCUT2D eigenvalue weighted by atomic mass is 10.0. The molecule has 0 aliphatic carbocycles. The van der Waals surface area contributed by atoms with Crippen LogP contribution in [0.1, 0.15) is 20.8 Å². The summed E-state index contributed by atoms with van der Waals surface area (Å²) in [6.45, 7) is 4.59. The number of halogens is 1. The van der Waals surface area contributed by atoms with Crippen LogP contribution in [0.3, 0.4) is 0 Å². The third-order valence-electron chi connectivity index (χ3n) is 4.24. The van der Waals surface area contributed by atoms with E-state index in [1.54, 1.807) is 38.1 Å². The number of nitrogens with one attached hydrogen (secondary N) is 1. The third kappa shape index (κ3) is 3.48. The average molecular weight is 405 g/mol. The Morgan fingerprint density at radius 3 is 2.64 bits per heavy atom. The Bertz CT molecular complexity index is 978. The summed E-state index contributed by atoms with van der Waals surface area (Å²) in [6.07, 6.45) is 0. The number of hydrogen-bond donors (Lipinski definition) is 1. The Labute approximate surface area is 165 Å². The minimum absolute atomic E-state index is 0.0830. The Kier molecular flexibility index (Phi) is 4.95. The number of amides is 2. The molecule has 0 saturated heterocycles. The van der Waals surface area contributed by atoms with E-state index < -0.39 is 34.2 Å².